The van der Waals surface area contributed by atoms with E-state index in [1.54, 1.807) is 18.2 Å². The highest BCUT2D eigenvalue weighted by Gasteiger charge is 2.19. The standard InChI is InChI=1S/C16H13Cl2N3O2S2/c1-10-5-7-11(8-6-10)15-19-20-16(24-15)21-25(22,23)9-12-13(17)3-2-4-14(12)18/h2-8H,9H2,1H3,(H,20,21). The maximum Gasteiger partial charge on any atom is 0.238 e. The molecule has 130 valence electrons. The van der Waals surface area contributed by atoms with Crippen molar-refractivity contribution in [3.63, 3.8) is 0 Å². The maximum atomic E-state index is 12.4. The van der Waals surface area contributed by atoms with Crippen LogP contribution < -0.4 is 4.72 Å². The minimum Gasteiger partial charge on any atom is -0.257 e. The first kappa shape index (κ1) is 18.1. The Morgan fingerprint density at radius 2 is 1.68 bits per heavy atom. The minimum atomic E-state index is -3.72. The van der Waals surface area contributed by atoms with Crippen LogP contribution in [0.2, 0.25) is 10.0 Å². The number of aryl methyl sites for hydroxylation is 1. The molecular weight excluding hydrogens is 401 g/mol. The number of hydrogen-bond acceptors (Lipinski definition) is 5. The summed E-state index contributed by atoms with van der Waals surface area (Å²) in [6.07, 6.45) is 0. The van der Waals surface area contributed by atoms with Crippen LogP contribution in [0.25, 0.3) is 10.6 Å². The quantitative estimate of drug-likeness (QED) is 0.653. The Bertz CT molecular complexity index is 982. The van der Waals surface area contributed by atoms with Gasteiger partial charge in [-0.1, -0.05) is 70.4 Å². The molecule has 0 atom stereocenters. The molecule has 0 spiro atoms. The monoisotopic (exact) mass is 413 g/mol. The fraction of sp³-hybridized carbons (Fsp3) is 0.125. The first-order valence-corrected chi connectivity index (χ1v) is 10.4. The molecule has 0 fully saturated rings. The Labute approximate surface area is 159 Å². The second-order valence-corrected chi connectivity index (χ2v) is 8.85. The molecule has 0 bridgehead atoms. The SMILES string of the molecule is Cc1ccc(-c2nnc(NS(=O)(=O)Cc3c(Cl)cccc3Cl)s2)cc1. The Morgan fingerprint density at radius 1 is 1.04 bits per heavy atom. The van der Waals surface area contributed by atoms with Gasteiger partial charge in [0.15, 0.2) is 0 Å². The van der Waals surface area contributed by atoms with E-state index in [0.717, 1.165) is 22.5 Å². The molecule has 2 aromatic carbocycles. The number of anilines is 1. The van der Waals surface area contributed by atoms with Gasteiger partial charge in [-0.05, 0) is 19.1 Å². The summed E-state index contributed by atoms with van der Waals surface area (Å²) in [5, 5.41) is 9.36. The van der Waals surface area contributed by atoms with Gasteiger partial charge >= 0.3 is 0 Å². The lowest BCUT2D eigenvalue weighted by Crippen LogP contribution is -2.15. The molecule has 5 nitrogen and oxygen atoms in total. The lowest BCUT2D eigenvalue weighted by atomic mass is 10.2. The fourth-order valence-corrected chi connectivity index (χ4v) is 5.01. The number of halogens is 2. The summed E-state index contributed by atoms with van der Waals surface area (Å²) in [6, 6.07) is 12.6. The van der Waals surface area contributed by atoms with Crippen LogP contribution in [0.5, 0.6) is 0 Å². The van der Waals surface area contributed by atoms with E-state index in [0.29, 0.717) is 20.6 Å². The van der Waals surface area contributed by atoms with Gasteiger partial charge in [-0.3, -0.25) is 4.72 Å². The fourth-order valence-electron chi connectivity index (χ4n) is 2.11. The number of nitrogens with zero attached hydrogens (tertiary/aromatic N) is 2. The first-order valence-electron chi connectivity index (χ1n) is 7.18. The average Bonchev–Trinajstić information content (AvgIpc) is 2.99. The molecule has 1 heterocycles. The number of nitrogens with one attached hydrogen (secondary N) is 1. The van der Waals surface area contributed by atoms with Crippen molar-refractivity contribution in [1.82, 2.24) is 10.2 Å². The summed E-state index contributed by atoms with van der Waals surface area (Å²) in [7, 11) is -3.72. The summed E-state index contributed by atoms with van der Waals surface area (Å²) in [5.74, 6) is -0.342. The van der Waals surface area contributed by atoms with Crippen LogP contribution in [0.1, 0.15) is 11.1 Å². The molecular formula is C16H13Cl2N3O2S2. The van der Waals surface area contributed by atoms with E-state index < -0.39 is 10.0 Å². The van der Waals surface area contributed by atoms with Gasteiger partial charge in [0.25, 0.3) is 0 Å². The second kappa shape index (κ2) is 7.29. The normalized spacial score (nSPS) is 11.5. The summed E-state index contributed by atoms with van der Waals surface area (Å²) >= 11 is 13.2. The van der Waals surface area contributed by atoms with E-state index in [2.05, 4.69) is 14.9 Å². The van der Waals surface area contributed by atoms with Crippen LogP contribution in [-0.2, 0) is 15.8 Å². The van der Waals surface area contributed by atoms with Crippen LogP contribution in [0.15, 0.2) is 42.5 Å². The summed E-state index contributed by atoms with van der Waals surface area (Å²) in [5.41, 5.74) is 2.36. The third kappa shape index (κ3) is 4.49. The highest BCUT2D eigenvalue weighted by molar-refractivity contribution is 7.92. The van der Waals surface area contributed by atoms with Crippen LogP contribution in [0.3, 0.4) is 0 Å². The van der Waals surface area contributed by atoms with Gasteiger partial charge in [0.2, 0.25) is 15.2 Å². The number of sulfonamides is 1. The van der Waals surface area contributed by atoms with Gasteiger partial charge in [-0.2, -0.15) is 0 Å². The van der Waals surface area contributed by atoms with E-state index in [9.17, 15) is 8.42 Å². The van der Waals surface area contributed by atoms with Crippen molar-refractivity contribution in [3.8, 4) is 10.6 Å². The van der Waals surface area contributed by atoms with E-state index in [1.165, 1.54) is 0 Å². The zero-order chi connectivity index (χ0) is 18.0. The van der Waals surface area contributed by atoms with Crippen molar-refractivity contribution in [2.24, 2.45) is 0 Å². The number of rotatable bonds is 5. The van der Waals surface area contributed by atoms with Crippen LogP contribution >= 0.6 is 34.5 Å². The van der Waals surface area contributed by atoms with Gasteiger partial charge < -0.3 is 0 Å². The lowest BCUT2D eigenvalue weighted by Gasteiger charge is -2.08. The molecule has 0 aliphatic carbocycles. The molecule has 0 saturated heterocycles. The van der Waals surface area contributed by atoms with Gasteiger partial charge in [-0.15, -0.1) is 10.2 Å². The molecule has 0 aliphatic heterocycles. The van der Waals surface area contributed by atoms with Crippen molar-refractivity contribution < 1.29 is 8.42 Å². The zero-order valence-corrected chi connectivity index (χ0v) is 16.2. The summed E-state index contributed by atoms with van der Waals surface area (Å²) in [4.78, 5) is 0. The van der Waals surface area contributed by atoms with Crippen molar-refractivity contribution in [1.29, 1.82) is 0 Å². The van der Waals surface area contributed by atoms with E-state index >= 15 is 0 Å². The molecule has 0 radical (unpaired) electrons. The van der Waals surface area contributed by atoms with Crippen molar-refractivity contribution in [3.05, 3.63) is 63.6 Å². The van der Waals surface area contributed by atoms with Crippen LogP contribution in [0.4, 0.5) is 5.13 Å². The predicted octanol–water partition coefficient (Wildman–Crippen LogP) is 4.76. The van der Waals surface area contributed by atoms with Crippen molar-refractivity contribution in [2.45, 2.75) is 12.7 Å². The molecule has 1 N–H and O–H groups in total. The average molecular weight is 414 g/mol. The Hall–Kier alpha value is -1.67. The third-order valence-corrected chi connectivity index (χ3v) is 6.26. The lowest BCUT2D eigenvalue weighted by molar-refractivity contribution is 0.600. The molecule has 25 heavy (non-hydrogen) atoms. The summed E-state index contributed by atoms with van der Waals surface area (Å²) < 4.78 is 27.2. The van der Waals surface area contributed by atoms with E-state index in [-0.39, 0.29) is 10.9 Å². The number of benzene rings is 2. The topological polar surface area (TPSA) is 72.0 Å². The molecule has 0 saturated carbocycles. The first-order chi connectivity index (χ1) is 11.8. The van der Waals surface area contributed by atoms with E-state index in [4.69, 9.17) is 23.2 Å². The van der Waals surface area contributed by atoms with Crippen LogP contribution in [-0.4, -0.2) is 18.6 Å². The highest BCUT2D eigenvalue weighted by Crippen LogP contribution is 2.29. The second-order valence-electron chi connectivity index (χ2n) is 5.34. The molecule has 3 aromatic rings. The van der Waals surface area contributed by atoms with Gasteiger partial charge in [0.1, 0.15) is 5.01 Å². The predicted molar refractivity (Wildman–Crippen MR) is 103 cm³/mol. The van der Waals surface area contributed by atoms with Crippen molar-refractivity contribution in [2.75, 3.05) is 4.72 Å². The number of hydrogen-bond donors (Lipinski definition) is 1. The molecule has 0 unspecified atom stereocenters. The largest absolute Gasteiger partial charge is 0.257 e. The molecule has 9 heteroatoms. The molecule has 0 aliphatic rings. The summed E-state index contributed by atoms with van der Waals surface area (Å²) in [6.45, 7) is 1.99. The Kier molecular flexibility index (Phi) is 5.29. The Morgan fingerprint density at radius 3 is 2.32 bits per heavy atom. The molecule has 3 rings (SSSR count). The maximum absolute atomic E-state index is 12.4. The molecule has 0 amide bonds. The zero-order valence-electron chi connectivity index (χ0n) is 13.0. The van der Waals surface area contributed by atoms with Gasteiger partial charge in [0, 0.05) is 21.2 Å². The molecule has 1 aromatic heterocycles. The minimum absolute atomic E-state index is 0.193. The van der Waals surface area contributed by atoms with Gasteiger partial charge in [0.05, 0.1) is 5.75 Å². The highest BCUT2D eigenvalue weighted by atomic mass is 35.5. The van der Waals surface area contributed by atoms with Gasteiger partial charge in [-0.25, -0.2) is 8.42 Å². The Balaban J connectivity index is 1.79. The third-order valence-electron chi connectivity index (χ3n) is 3.36. The van der Waals surface area contributed by atoms with Crippen LogP contribution in [0, 0.1) is 6.92 Å². The van der Waals surface area contributed by atoms with E-state index in [1.807, 2.05) is 31.2 Å². The smallest absolute Gasteiger partial charge is 0.238 e. The van der Waals surface area contributed by atoms with Crippen molar-refractivity contribution >= 4 is 49.7 Å². The number of aromatic nitrogens is 2.